The highest BCUT2D eigenvalue weighted by Gasteiger charge is 2.36. The van der Waals surface area contributed by atoms with Crippen molar-refractivity contribution in [3.05, 3.63) is 23.9 Å². The summed E-state index contributed by atoms with van der Waals surface area (Å²) in [4.78, 5) is 29.8. The fraction of sp³-hybridized carbons (Fsp3) is 0.389. The van der Waals surface area contributed by atoms with E-state index in [9.17, 15) is 9.59 Å². The number of carbonyl (C=O) groups excluding carboxylic acids is 1. The van der Waals surface area contributed by atoms with Crippen LogP contribution < -0.4 is 14.4 Å². The molecule has 0 aliphatic carbocycles. The van der Waals surface area contributed by atoms with E-state index in [-0.39, 0.29) is 6.61 Å². The normalized spacial score (nSPS) is 14.0. The maximum Gasteiger partial charge on any atom is 0.341 e. The first-order chi connectivity index (χ1) is 12.5. The minimum Gasteiger partial charge on any atom is -0.497 e. The number of pyridine rings is 1. The number of anilines is 1. The highest BCUT2D eigenvalue weighted by molar-refractivity contribution is 6.07. The van der Waals surface area contributed by atoms with Gasteiger partial charge >= 0.3 is 11.9 Å². The molecular weight excluding hydrogens is 340 g/mol. The van der Waals surface area contributed by atoms with Crippen molar-refractivity contribution in [2.75, 3.05) is 38.8 Å². The van der Waals surface area contributed by atoms with Crippen molar-refractivity contribution < 1.29 is 28.9 Å². The summed E-state index contributed by atoms with van der Waals surface area (Å²) >= 11 is 0. The van der Waals surface area contributed by atoms with Crippen molar-refractivity contribution >= 4 is 28.5 Å². The molecule has 1 fully saturated rings. The summed E-state index contributed by atoms with van der Waals surface area (Å²) in [6.45, 7) is 2.57. The predicted molar refractivity (Wildman–Crippen MR) is 94.1 cm³/mol. The lowest BCUT2D eigenvalue weighted by Crippen LogP contribution is -2.51. The van der Waals surface area contributed by atoms with Gasteiger partial charge < -0.3 is 24.2 Å². The van der Waals surface area contributed by atoms with Crippen LogP contribution in [0.5, 0.6) is 11.5 Å². The number of carboxylic acid groups (broad SMARTS) is 1. The van der Waals surface area contributed by atoms with E-state index in [2.05, 4.69) is 4.98 Å². The van der Waals surface area contributed by atoms with Gasteiger partial charge in [0.1, 0.15) is 22.6 Å². The molecule has 3 rings (SSSR count). The van der Waals surface area contributed by atoms with Gasteiger partial charge in [-0.1, -0.05) is 0 Å². The van der Waals surface area contributed by atoms with Gasteiger partial charge in [0.05, 0.1) is 32.4 Å². The molecule has 8 heteroatoms. The molecule has 0 radical (unpaired) electrons. The van der Waals surface area contributed by atoms with Crippen LogP contribution in [0.1, 0.15) is 17.3 Å². The molecule has 0 spiro atoms. The Bertz CT molecular complexity index is 860. The molecule has 2 aromatic rings. The van der Waals surface area contributed by atoms with E-state index in [0.29, 0.717) is 46.7 Å². The second-order valence-corrected chi connectivity index (χ2v) is 5.91. The number of benzene rings is 1. The number of carboxylic acids is 1. The first-order valence-electron chi connectivity index (χ1n) is 8.19. The summed E-state index contributed by atoms with van der Waals surface area (Å²) in [5, 5.41) is 9.82. The zero-order chi connectivity index (χ0) is 18.8. The smallest absolute Gasteiger partial charge is 0.341 e. The lowest BCUT2D eigenvalue weighted by molar-refractivity contribution is -0.142. The van der Waals surface area contributed by atoms with Gasteiger partial charge in [0.25, 0.3) is 0 Å². The first-order valence-corrected chi connectivity index (χ1v) is 8.19. The van der Waals surface area contributed by atoms with Crippen LogP contribution >= 0.6 is 0 Å². The van der Waals surface area contributed by atoms with Crippen molar-refractivity contribution in [3.63, 3.8) is 0 Å². The number of hydrogen-bond donors (Lipinski definition) is 1. The molecule has 1 saturated heterocycles. The summed E-state index contributed by atoms with van der Waals surface area (Å²) in [5.41, 5.74) is 1.44. The average Bonchev–Trinajstić information content (AvgIpc) is 2.59. The molecule has 2 heterocycles. The molecule has 1 aliphatic rings. The van der Waals surface area contributed by atoms with Crippen LogP contribution in [0.2, 0.25) is 0 Å². The van der Waals surface area contributed by atoms with E-state index in [1.54, 1.807) is 19.1 Å². The topological polar surface area (TPSA) is 98.2 Å². The minimum absolute atomic E-state index is 0.232. The molecule has 0 atom stereocenters. The highest BCUT2D eigenvalue weighted by atomic mass is 16.5. The lowest BCUT2D eigenvalue weighted by atomic mass is 9.96. The van der Waals surface area contributed by atoms with Gasteiger partial charge in [-0.2, -0.15) is 0 Å². The van der Waals surface area contributed by atoms with Gasteiger partial charge in [-0.05, 0) is 13.0 Å². The van der Waals surface area contributed by atoms with Gasteiger partial charge in [-0.3, -0.25) is 9.78 Å². The van der Waals surface area contributed by atoms with E-state index < -0.39 is 17.9 Å². The van der Waals surface area contributed by atoms with Crippen LogP contribution in [0.3, 0.4) is 0 Å². The Morgan fingerprint density at radius 1 is 1.27 bits per heavy atom. The van der Waals surface area contributed by atoms with Crippen molar-refractivity contribution in [2.45, 2.75) is 6.92 Å². The van der Waals surface area contributed by atoms with E-state index in [1.165, 1.54) is 20.4 Å². The summed E-state index contributed by atoms with van der Waals surface area (Å²) in [7, 11) is 3.06. The zero-order valence-electron chi connectivity index (χ0n) is 14.8. The second kappa shape index (κ2) is 7.07. The maximum atomic E-state index is 12.4. The summed E-state index contributed by atoms with van der Waals surface area (Å²) in [6, 6.07) is 3.47. The second-order valence-electron chi connectivity index (χ2n) is 5.91. The van der Waals surface area contributed by atoms with Gasteiger partial charge in [-0.25, -0.2) is 4.79 Å². The third kappa shape index (κ3) is 2.98. The number of ether oxygens (including phenoxy) is 3. The van der Waals surface area contributed by atoms with Crippen molar-refractivity contribution in [3.8, 4) is 11.5 Å². The van der Waals surface area contributed by atoms with Crippen molar-refractivity contribution in [2.24, 2.45) is 5.92 Å². The number of hydrogen-bond acceptors (Lipinski definition) is 7. The van der Waals surface area contributed by atoms with Gasteiger partial charge in [0.2, 0.25) is 0 Å². The van der Waals surface area contributed by atoms with E-state index in [1.807, 2.05) is 4.90 Å². The minimum atomic E-state index is -0.854. The number of carbonyl (C=O) groups is 2. The molecule has 1 aliphatic heterocycles. The molecule has 1 aromatic carbocycles. The maximum absolute atomic E-state index is 12.4. The molecule has 1 N–H and O–H groups in total. The first kappa shape index (κ1) is 17.8. The molecule has 138 valence electrons. The Hall–Kier alpha value is -3.03. The summed E-state index contributed by atoms with van der Waals surface area (Å²) in [5.74, 6) is -0.772. The molecule has 0 bridgehead atoms. The van der Waals surface area contributed by atoms with Crippen LogP contribution in [0.15, 0.2) is 18.3 Å². The number of methoxy groups -OCH3 is 2. The SMILES string of the molecule is CCOC(=O)c1cnc2c(OC)cc(OC)cc2c1N1CC(C(=O)O)C1. The fourth-order valence-corrected chi connectivity index (χ4v) is 3.02. The number of fused-ring (bicyclic) bond motifs is 1. The fourth-order valence-electron chi connectivity index (χ4n) is 3.02. The van der Waals surface area contributed by atoms with Crippen LogP contribution in [0.25, 0.3) is 10.9 Å². The van der Waals surface area contributed by atoms with Crippen LogP contribution in [0, 0.1) is 5.92 Å². The Labute approximate surface area is 150 Å². The number of rotatable bonds is 6. The van der Waals surface area contributed by atoms with E-state index in [4.69, 9.17) is 19.3 Å². The quantitative estimate of drug-likeness (QED) is 0.781. The summed E-state index contributed by atoms with van der Waals surface area (Å²) < 4.78 is 15.9. The molecule has 1 aromatic heterocycles. The van der Waals surface area contributed by atoms with E-state index >= 15 is 0 Å². The molecule has 8 nitrogen and oxygen atoms in total. The molecule has 0 amide bonds. The number of aliphatic carboxylic acids is 1. The summed E-state index contributed by atoms with van der Waals surface area (Å²) in [6.07, 6.45) is 1.44. The largest absolute Gasteiger partial charge is 0.497 e. The van der Waals surface area contributed by atoms with Crippen molar-refractivity contribution in [1.82, 2.24) is 4.98 Å². The Morgan fingerprint density at radius 3 is 2.58 bits per heavy atom. The van der Waals surface area contributed by atoms with Gasteiger partial charge in [0.15, 0.2) is 0 Å². The van der Waals surface area contributed by atoms with Gasteiger partial charge in [0, 0.05) is 30.7 Å². The Kier molecular flexibility index (Phi) is 4.83. The Balaban J connectivity index is 2.19. The average molecular weight is 360 g/mol. The van der Waals surface area contributed by atoms with Gasteiger partial charge in [-0.15, -0.1) is 0 Å². The lowest BCUT2D eigenvalue weighted by Gasteiger charge is -2.40. The number of esters is 1. The third-order valence-corrected chi connectivity index (χ3v) is 4.38. The molecular formula is C18H20N2O6. The zero-order valence-corrected chi connectivity index (χ0v) is 14.8. The monoisotopic (exact) mass is 360 g/mol. The molecule has 0 saturated carbocycles. The number of nitrogens with zero attached hydrogens (tertiary/aromatic N) is 2. The Morgan fingerprint density at radius 2 is 2.00 bits per heavy atom. The molecule has 0 unspecified atom stereocenters. The predicted octanol–water partition coefficient (Wildman–Crippen LogP) is 1.95. The third-order valence-electron chi connectivity index (χ3n) is 4.38. The standard InChI is InChI=1S/C18H20N2O6/c1-4-26-18(23)13-7-19-15-12(5-11(24-2)6-14(15)25-3)16(13)20-8-10(9-20)17(21)22/h5-7,10H,4,8-9H2,1-3H3,(H,21,22). The van der Waals surface area contributed by atoms with E-state index in [0.717, 1.165) is 0 Å². The number of aromatic nitrogens is 1. The molecule has 26 heavy (non-hydrogen) atoms. The highest BCUT2D eigenvalue weighted by Crippen LogP contribution is 2.40. The van der Waals surface area contributed by atoms with Crippen LogP contribution in [0.4, 0.5) is 5.69 Å². The van der Waals surface area contributed by atoms with Crippen molar-refractivity contribution in [1.29, 1.82) is 0 Å². The van der Waals surface area contributed by atoms with Crippen LogP contribution in [-0.4, -0.2) is 55.9 Å². The van der Waals surface area contributed by atoms with Crippen LogP contribution in [-0.2, 0) is 9.53 Å².